The van der Waals surface area contributed by atoms with Gasteiger partial charge in [-0.15, -0.1) is 0 Å². The Bertz CT molecular complexity index is 688. The Labute approximate surface area is 149 Å². The molecule has 2 fully saturated rings. The molecule has 2 atom stereocenters. The lowest BCUT2D eigenvalue weighted by atomic mass is 10.1. The number of nitro benzene ring substituents is 1. The number of esters is 1. The Hall–Kier alpha value is -2.72. The summed E-state index contributed by atoms with van der Waals surface area (Å²) in [7, 11) is 1.25. The maximum atomic E-state index is 12.9. The quantitative estimate of drug-likeness (QED) is 0.431. The molecule has 0 saturated carbocycles. The van der Waals surface area contributed by atoms with Gasteiger partial charge in [0.2, 0.25) is 5.91 Å². The summed E-state index contributed by atoms with van der Waals surface area (Å²) >= 11 is 0. The van der Waals surface area contributed by atoms with Gasteiger partial charge in [-0.05, 0) is 12.1 Å². The first-order valence-electron chi connectivity index (χ1n) is 8.16. The molecule has 0 radical (unpaired) electrons. The molecule has 10 heteroatoms. The molecule has 0 bridgehead atoms. The molecule has 2 saturated heterocycles. The fraction of sp³-hybridized carbons (Fsp3) is 0.500. The van der Waals surface area contributed by atoms with Gasteiger partial charge in [0.05, 0.1) is 30.9 Å². The molecule has 0 unspecified atom stereocenters. The van der Waals surface area contributed by atoms with E-state index in [1.807, 2.05) is 0 Å². The zero-order chi connectivity index (χ0) is 18.7. The minimum absolute atomic E-state index is 0.0754. The van der Waals surface area contributed by atoms with Gasteiger partial charge < -0.3 is 14.4 Å². The lowest BCUT2D eigenvalue weighted by Crippen LogP contribution is -2.49. The van der Waals surface area contributed by atoms with Crippen molar-refractivity contribution in [2.45, 2.75) is 18.6 Å². The minimum Gasteiger partial charge on any atom is -0.467 e. The lowest BCUT2D eigenvalue weighted by Gasteiger charge is -2.32. The summed E-state index contributed by atoms with van der Waals surface area (Å²) in [6.07, 6.45) is -0.773. The first kappa shape index (κ1) is 18.1. The normalized spacial score (nSPS) is 23.0. The first-order chi connectivity index (χ1) is 12.5. The van der Waals surface area contributed by atoms with E-state index in [9.17, 15) is 19.7 Å². The van der Waals surface area contributed by atoms with Crippen molar-refractivity contribution in [2.75, 3.05) is 38.5 Å². The fourth-order valence-electron chi connectivity index (χ4n) is 2.98. The van der Waals surface area contributed by atoms with Crippen LogP contribution in [0.5, 0.6) is 0 Å². The summed E-state index contributed by atoms with van der Waals surface area (Å²) in [6, 6.07) is 4.88. The highest BCUT2D eigenvalue weighted by atomic mass is 16.7. The number of nitrogens with zero attached hydrogens (tertiary/aromatic N) is 3. The first-order valence-corrected chi connectivity index (χ1v) is 8.16. The van der Waals surface area contributed by atoms with Crippen LogP contribution in [0, 0.1) is 10.1 Å². The Morgan fingerprint density at radius 3 is 2.46 bits per heavy atom. The third kappa shape index (κ3) is 3.60. The van der Waals surface area contributed by atoms with Gasteiger partial charge in [0.25, 0.3) is 5.69 Å². The summed E-state index contributed by atoms with van der Waals surface area (Å²) < 4.78 is 9.98. The van der Waals surface area contributed by atoms with Crippen molar-refractivity contribution in [3.8, 4) is 0 Å². The summed E-state index contributed by atoms with van der Waals surface area (Å²) in [5, 5.41) is 12.2. The average molecular weight is 365 g/mol. The number of non-ortho nitro benzene ring substituents is 1. The molecular weight excluding hydrogens is 346 g/mol. The van der Waals surface area contributed by atoms with Crippen molar-refractivity contribution in [3.05, 3.63) is 34.4 Å². The van der Waals surface area contributed by atoms with E-state index in [1.54, 1.807) is 4.90 Å². The number of hydroxylamine groups is 1. The molecule has 10 nitrogen and oxygen atoms in total. The summed E-state index contributed by atoms with van der Waals surface area (Å²) in [5.41, 5.74) is 0.377. The number of hydrogen-bond acceptors (Lipinski definition) is 8. The number of hydrogen-bond donors (Lipinski definition) is 0. The molecular formula is C16H19N3O7. The summed E-state index contributed by atoms with van der Waals surface area (Å²) in [4.78, 5) is 42.4. The van der Waals surface area contributed by atoms with Gasteiger partial charge in [-0.3, -0.25) is 19.7 Å². The topological polar surface area (TPSA) is 111 Å². The number of rotatable bonds is 4. The average Bonchev–Trinajstić information content (AvgIpc) is 3.13. The van der Waals surface area contributed by atoms with Crippen molar-refractivity contribution in [1.82, 2.24) is 4.90 Å². The van der Waals surface area contributed by atoms with Crippen LogP contribution in [-0.2, 0) is 23.9 Å². The number of morpholine rings is 1. The van der Waals surface area contributed by atoms with E-state index in [1.165, 1.54) is 36.4 Å². The molecule has 0 spiro atoms. The van der Waals surface area contributed by atoms with Gasteiger partial charge in [-0.25, -0.2) is 9.86 Å². The second-order valence-corrected chi connectivity index (χ2v) is 5.91. The highest BCUT2D eigenvalue weighted by molar-refractivity contribution is 5.87. The Balaban J connectivity index is 1.84. The summed E-state index contributed by atoms with van der Waals surface area (Å²) in [5.74, 6) is -0.757. The van der Waals surface area contributed by atoms with Gasteiger partial charge >= 0.3 is 5.97 Å². The van der Waals surface area contributed by atoms with Crippen LogP contribution in [0.4, 0.5) is 11.4 Å². The number of carbonyl (C=O) groups excluding carboxylic acids is 2. The Kier molecular flexibility index (Phi) is 5.33. The molecule has 2 aliphatic heterocycles. The second-order valence-electron chi connectivity index (χ2n) is 5.91. The summed E-state index contributed by atoms with van der Waals surface area (Å²) in [6.45, 7) is 1.84. The number of nitro groups is 1. The van der Waals surface area contributed by atoms with Crippen molar-refractivity contribution < 1.29 is 28.8 Å². The zero-order valence-electron chi connectivity index (χ0n) is 14.2. The van der Waals surface area contributed by atoms with Crippen molar-refractivity contribution in [2.24, 2.45) is 0 Å². The number of anilines is 1. The van der Waals surface area contributed by atoms with Crippen LogP contribution in [0.15, 0.2) is 24.3 Å². The van der Waals surface area contributed by atoms with E-state index in [0.29, 0.717) is 32.0 Å². The number of amides is 1. The van der Waals surface area contributed by atoms with Crippen LogP contribution in [0.3, 0.4) is 0 Å². The van der Waals surface area contributed by atoms with E-state index in [4.69, 9.17) is 14.3 Å². The molecule has 140 valence electrons. The SMILES string of the molecule is COC(=O)[C@@H]1C[C@@H](C(=O)N2CCOCC2)N(c2ccc([N+](=O)[O-])cc2)O1. The maximum Gasteiger partial charge on any atom is 0.337 e. The van der Waals surface area contributed by atoms with Crippen molar-refractivity contribution >= 4 is 23.3 Å². The second kappa shape index (κ2) is 7.67. The molecule has 1 amide bonds. The van der Waals surface area contributed by atoms with Gasteiger partial charge in [0, 0.05) is 31.6 Å². The van der Waals surface area contributed by atoms with Crippen LogP contribution >= 0.6 is 0 Å². The van der Waals surface area contributed by atoms with Gasteiger partial charge in [-0.2, -0.15) is 0 Å². The lowest BCUT2D eigenvalue weighted by molar-refractivity contribution is -0.384. The number of ether oxygens (including phenoxy) is 2. The van der Waals surface area contributed by atoms with E-state index in [2.05, 4.69) is 0 Å². The molecule has 1 aromatic carbocycles. The predicted molar refractivity (Wildman–Crippen MR) is 88.3 cm³/mol. The van der Waals surface area contributed by atoms with E-state index in [0.717, 1.165) is 0 Å². The standard InChI is InChI=1S/C16H19N3O7/c1-24-16(21)14-10-13(15(20)17-6-8-25-9-7-17)18(26-14)11-2-4-12(5-3-11)19(22)23/h2-5,13-14H,6-10H2,1H3/t13-,14-/m0/s1. The Morgan fingerprint density at radius 2 is 1.88 bits per heavy atom. The van der Waals surface area contributed by atoms with Crippen LogP contribution in [0.1, 0.15) is 6.42 Å². The maximum absolute atomic E-state index is 12.9. The van der Waals surface area contributed by atoms with Crippen LogP contribution in [0.25, 0.3) is 0 Å². The minimum atomic E-state index is -0.912. The van der Waals surface area contributed by atoms with E-state index >= 15 is 0 Å². The zero-order valence-corrected chi connectivity index (χ0v) is 14.2. The third-order valence-electron chi connectivity index (χ3n) is 4.35. The predicted octanol–water partition coefficient (Wildman–Crippen LogP) is 0.505. The van der Waals surface area contributed by atoms with Crippen molar-refractivity contribution in [1.29, 1.82) is 0 Å². The fourth-order valence-corrected chi connectivity index (χ4v) is 2.98. The largest absolute Gasteiger partial charge is 0.467 e. The van der Waals surface area contributed by atoms with Crippen LogP contribution in [-0.4, -0.2) is 67.3 Å². The molecule has 1 aromatic rings. The Morgan fingerprint density at radius 1 is 1.23 bits per heavy atom. The molecule has 2 aliphatic rings. The third-order valence-corrected chi connectivity index (χ3v) is 4.35. The monoisotopic (exact) mass is 365 g/mol. The van der Waals surface area contributed by atoms with Gasteiger partial charge in [0.15, 0.2) is 6.10 Å². The molecule has 0 aliphatic carbocycles. The smallest absolute Gasteiger partial charge is 0.337 e. The number of carbonyl (C=O) groups is 2. The van der Waals surface area contributed by atoms with Gasteiger partial charge in [-0.1, -0.05) is 0 Å². The molecule has 2 heterocycles. The van der Waals surface area contributed by atoms with Crippen LogP contribution < -0.4 is 5.06 Å². The highest BCUT2D eigenvalue weighted by Gasteiger charge is 2.44. The van der Waals surface area contributed by atoms with Crippen molar-refractivity contribution in [3.63, 3.8) is 0 Å². The van der Waals surface area contributed by atoms with Gasteiger partial charge in [0.1, 0.15) is 6.04 Å². The molecule has 0 N–H and O–H groups in total. The van der Waals surface area contributed by atoms with E-state index < -0.39 is 23.0 Å². The van der Waals surface area contributed by atoms with Crippen LogP contribution in [0.2, 0.25) is 0 Å². The number of benzene rings is 1. The molecule has 3 rings (SSSR count). The molecule has 26 heavy (non-hydrogen) atoms. The highest BCUT2D eigenvalue weighted by Crippen LogP contribution is 2.31. The van der Waals surface area contributed by atoms with E-state index in [-0.39, 0.29) is 18.0 Å². The number of methoxy groups -OCH3 is 1. The molecule has 0 aromatic heterocycles.